The first-order chi connectivity index (χ1) is 23.7. The molecule has 0 saturated carbocycles. The monoisotopic (exact) mass is 735 g/mol. The highest BCUT2D eigenvalue weighted by atomic mass is 32.2. The van der Waals surface area contributed by atoms with Gasteiger partial charge in [0, 0.05) is 35.4 Å². The Morgan fingerprint density at radius 2 is 1.10 bits per heavy atom. The van der Waals surface area contributed by atoms with E-state index in [9.17, 15) is 16.8 Å². The van der Waals surface area contributed by atoms with Crippen molar-refractivity contribution in [2.75, 3.05) is 37.6 Å². The van der Waals surface area contributed by atoms with Gasteiger partial charge < -0.3 is 28.8 Å². The zero-order valence-corrected chi connectivity index (χ0v) is 30.0. The third-order valence-electron chi connectivity index (χ3n) is 7.03. The average Bonchev–Trinajstić information content (AvgIpc) is 3.84. The van der Waals surface area contributed by atoms with Gasteiger partial charge >= 0.3 is 11.9 Å². The molecule has 50 heavy (non-hydrogen) atoms. The second-order valence-electron chi connectivity index (χ2n) is 11.0. The fourth-order valence-electron chi connectivity index (χ4n) is 4.61. The number of nitrogens with zero attached hydrogens (tertiary/aromatic N) is 9. The Labute approximate surface area is 291 Å². The van der Waals surface area contributed by atoms with Gasteiger partial charge in [-0.05, 0) is 61.4 Å². The first-order valence-electron chi connectivity index (χ1n) is 15.2. The van der Waals surface area contributed by atoms with E-state index in [0.717, 1.165) is 61.6 Å². The lowest BCUT2D eigenvalue weighted by Gasteiger charge is -2.16. The number of imidazole rings is 2. The van der Waals surface area contributed by atoms with E-state index in [2.05, 4.69) is 55.3 Å². The van der Waals surface area contributed by atoms with Gasteiger partial charge in [0.05, 0.1) is 71.6 Å². The van der Waals surface area contributed by atoms with Crippen molar-refractivity contribution in [2.24, 2.45) is 34.6 Å². The Hall–Kier alpha value is -4.60. The second-order valence-corrected chi connectivity index (χ2v) is 14.1. The van der Waals surface area contributed by atoms with Crippen LogP contribution in [0.2, 0.25) is 0 Å². The van der Waals surface area contributed by atoms with E-state index in [-0.39, 0.29) is 0 Å². The largest absolute Gasteiger partial charge is 0.707 e. The summed E-state index contributed by atoms with van der Waals surface area (Å²) in [6.45, 7) is 3.88. The summed E-state index contributed by atoms with van der Waals surface area (Å²) < 4.78 is 56.6. The fraction of sp³-hybridized carbons (Fsp3) is 0.400. The maximum absolute atomic E-state index is 9.47. The minimum absolute atomic E-state index is 0.681. The topological polar surface area (TPSA) is 212 Å². The second kappa shape index (κ2) is 19.0. The molecule has 1 aliphatic rings. The summed E-state index contributed by atoms with van der Waals surface area (Å²) in [6, 6.07) is 15.9. The SMILES string of the molecule is COc1ccc(N=Nc2n(CCCn3cc[n+](C)c3N=Nc3ccc(N4CCCC4)cc3)cc[n+]2C)cc1.CS(=O)(=O)O[O-].CS(=O)(=O)O[O-]. The van der Waals surface area contributed by atoms with E-state index in [0.29, 0.717) is 12.5 Å². The minimum Gasteiger partial charge on any atom is -0.707 e. The molecule has 18 nitrogen and oxygen atoms in total. The number of hydrogen-bond donors (Lipinski definition) is 0. The lowest BCUT2D eigenvalue weighted by molar-refractivity contribution is -0.657. The van der Waals surface area contributed by atoms with Crippen LogP contribution in [-0.4, -0.2) is 58.7 Å². The van der Waals surface area contributed by atoms with Crippen LogP contribution in [0.4, 0.5) is 29.0 Å². The molecule has 272 valence electrons. The van der Waals surface area contributed by atoms with Crippen molar-refractivity contribution in [2.45, 2.75) is 32.4 Å². The van der Waals surface area contributed by atoms with Crippen LogP contribution in [0.3, 0.4) is 0 Å². The summed E-state index contributed by atoms with van der Waals surface area (Å²) in [5, 5.41) is 35.7. The van der Waals surface area contributed by atoms with Crippen LogP contribution in [0.5, 0.6) is 5.75 Å². The van der Waals surface area contributed by atoms with Crippen LogP contribution in [0.1, 0.15) is 19.3 Å². The number of benzene rings is 2. The number of anilines is 1. The van der Waals surface area contributed by atoms with Gasteiger partial charge in [-0.2, -0.15) is 0 Å². The number of hydrogen-bond acceptors (Lipinski definition) is 14. The smallest absolute Gasteiger partial charge is 0.421 e. The Balaban J connectivity index is 0.000000485. The van der Waals surface area contributed by atoms with Gasteiger partial charge in [-0.3, -0.25) is 0 Å². The number of methoxy groups -OCH3 is 1. The third kappa shape index (κ3) is 13.4. The van der Waals surface area contributed by atoms with Crippen LogP contribution < -0.4 is 29.3 Å². The van der Waals surface area contributed by atoms with Gasteiger partial charge in [0.2, 0.25) is 0 Å². The zero-order valence-electron chi connectivity index (χ0n) is 28.4. The summed E-state index contributed by atoms with van der Waals surface area (Å²) in [4.78, 5) is 2.42. The summed E-state index contributed by atoms with van der Waals surface area (Å²) in [5.41, 5.74) is 2.89. The van der Waals surface area contributed by atoms with Crippen LogP contribution >= 0.6 is 0 Å². The molecule has 20 heteroatoms. The van der Waals surface area contributed by atoms with Gasteiger partial charge in [-0.15, -0.1) is 0 Å². The molecule has 0 unspecified atom stereocenters. The number of aryl methyl sites for hydroxylation is 4. The van der Waals surface area contributed by atoms with Gasteiger partial charge in [0.1, 0.15) is 17.1 Å². The summed E-state index contributed by atoms with van der Waals surface area (Å²) in [5.74, 6) is 2.40. The van der Waals surface area contributed by atoms with E-state index in [1.807, 2.05) is 84.4 Å². The molecule has 0 radical (unpaired) electrons. The van der Waals surface area contributed by atoms with Crippen molar-refractivity contribution < 1.29 is 49.9 Å². The lowest BCUT2D eigenvalue weighted by Crippen LogP contribution is -2.26. The molecule has 5 rings (SSSR count). The highest BCUT2D eigenvalue weighted by Crippen LogP contribution is 2.24. The number of rotatable bonds is 12. The van der Waals surface area contributed by atoms with Crippen LogP contribution in [-0.2, 0) is 56.1 Å². The minimum atomic E-state index is -3.72. The molecule has 2 aromatic heterocycles. The molecule has 0 spiro atoms. The lowest BCUT2D eigenvalue weighted by atomic mass is 10.2. The fourth-order valence-corrected chi connectivity index (χ4v) is 4.61. The highest BCUT2D eigenvalue weighted by Gasteiger charge is 2.18. The Morgan fingerprint density at radius 3 is 1.48 bits per heavy atom. The normalized spacial score (nSPS) is 13.3. The van der Waals surface area contributed by atoms with E-state index < -0.39 is 20.2 Å². The average molecular weight is 736 g/mol. The number of aromatic nitrogens is 4. The first kappa shape index (κ1) is 39.8. The molecule has 0 atom stereocenters. The van der Waals surface area contributed by atoms with Crippen molar-refractivity contribution in [1.82, 2.24) is 9.13 Å². The van der Waals surface area contributed by atoms with Crippen LogP contribution in [0.25, 0.3) is 0 Å². The van der Waals surface area contributed by atoms with Crippen LogP contribution in [0.15, 0.2) is 93.8 Å². The van der Waals surface area contributed by atoms with E-state index >= 15 is 0 Å². The maximum atomic E-state index is 9.47. The molecule has 0 N–H and O–H groups in total. The highest BCUT2D eigenvalue weighted by molar-refractivity contribution is 7.86. The maximum Gasteiger partial charge on any atom is 0.421 e. The molecule has 1 fully saturated rings. The van der Waals surface area contributed by atoms with E-state index in [4.69, 9.17) is 15.3 Å². The van der Waals surface area contributed by atoms with Crippen molar-refractivity contribution in [3.05, 3.63) is 73.3 Å². The predicted octanol–water partition coefficient (Wildman–Crippen LogP) is 1.94. The van der Waals surface area contributed by atoms with Gasteiger partial charge in [-0.25, -0.2) is 35.1 Å². The molecule has 1 saturated heterocycles. The molecular formula is C30H41N9O9S2. The molecule has 0 bridgehead atoms. The molecule has 3 heterocycles. The summed E-state index contributed by atoms with van der Waals surface area (Å²) in [6.07, 6.45) is 12.9. The van der Waals surface area contributed by atoms with E-state index in [1.54, 1.807) is 7.11 Å². The van der Waals surface area contributed by atoms with Gasteiger partial charge in [0.25, 0.3) is 20.2 Å². The van der Waals surface area contributed by atoms with Gasteiger partial charge in [0.15, 0.2) is 0 Å². The number of ether oxygens (including phenoxy) is 1. The first-order valence-corrected chi connectivity index (χ1v) is 18.8. The Morgan fingerprint density at radius 1 is 0.700 bits per heavy atom. The van der Waals surface area contributed by atoms with Crippen molar-refractivity contribution >= 4 is 49.2 Å². The van der Waals surface area contributed by atoms with Crippen molar-refractivity contribution in [1.29, 1.82) is 0 Å². The van der Waals surface area contributed by atoms with Crippen molar-refractivity contribution in [3.8, 4) is 5.75 Å². The Kier molecular flexibility index (Phi) is 15.1. The molecular weight excluding hydrogens is 695 g/mol. The van der Waals surface area contributed by atoms with Crippen molar-refractivity contribution in [3.63, 3.8) is 0 Å². The standard InChI is InChI=1S/C28H35N9O.2CH4O4S/c1-33-19-21-36(27(33)31-29-23-7-11-25(12-8-23)35-15-4-5-16-35)17-6-18-37-22-20-34(2)28(37)32-30-24-9-13-26(38-3)14-10-24;2*1-6(3,4)5-2/h7-14,19-22H,4-6,15-18H2,1-3H3;2*2H,1H3/q+2;;/p-2. The third-order valence-corrected chi connectivity index (χ3v) is 7.53. The predicted molar refractivity (Wildman–Crippen MR) is 177 cm³/mol. The Bertz CT molecular complexity index is 1890. The van der Waals surface area contributed by atoms with Crippen LogP contribution in [0, 0.1) is 0 Å². The molecule has 4 aromatic rings. The molecule has 1 aliphatic heterocycles. The molecule has 0 amide bonds. The van der Waals surface area contributed by atoms with E-state index in [1.165, 1.54) is 18.5 Å². The number of azo groups is 2. The van der Waals surface area contributed by atoms with Gasteiger partial charge in [-0.1, -0.05) is 10.2 Å². The molecule has 0 aliphatic carbocycles. The summed E-state index contributed by atoms with van der Waals surface area (Å²) in [7, 11) is -1.82. The summed E-state index contributed by atoms with van der Waals surface area (Å²) >= 11 is 0. The zero-order chi connectivity index (χ0) is 36.7. The molecule has 2 aromatic carbocycles. The quantitative estimate of drug-likeness (QED) is 0.0893.